The summed E-state index contributed by atoms with van der Waals surface area (Å²) in [6.07, 6.45) is 1.02. The molecule has 0 nitrogen and oxygen atoms in total. The van der Waals surface area contributed by atoms with Gasteiger partial charge in [-0.2, -0.15) is 0 Å². The van der Waals surface area contributed by atoms with E-state index in [1.807, 2.05) is 0 Å². The first kappa shape index (κ1) is 15.3. The Morgan fingerprint density at radius 2 is 0.793 bits per heavy atom. The number of hydrogen-bond acceptors (Lipinski definition) is 0. The van der Waals surface area contributed by atoms with E-state index in [1.54, 1.807) is 0 Å². The summed E-state index contributed by atoms with van der Waals surface area (Å²) in [5.74, 6) is 0. The molecule has 0 saturated heterocycles. The first-order valence-electron chi connectivity index (χ1n) is 10.2. The molecule has 0 spiro atoms. The second-order valence-electron chi connectivity index (χ2n) is 8.22. The first-order chi connectivity index (χ1) is 14.3. The highest BCUT2D eigenvalue weighted by Gasteiger charge is 2.23. The monoisotopic (exact) mass is 366 g/mol. The van der Waals surface area contributed by atoms with Crippen LogP contribution in [0.3, 0.4) is 0 Å². The van der Waals surface area contributed by atoms with Gasteiger partial charge in [-0.15, -0.1) is 0 Å². The Hall–Kier alpha value is -3.64. The van der Waals surface area contributed by atoms with Crippen LogP contribution in [0.4, 0.5) is 0 Å². The van der Waals surface area contributed by atoms with Crippen molar-refractivity contribution in [1.82, 2.24) is 0 Å². The quantitative estimate of drug-likeness (QED) is 0.240. The van der Waals surface area contributed by atoms with Crippen molar-refractivity contribution in [2.24, 2.45) is 0 Å². The fraction of sp³-hybridized carbons (Fsp3) is 0.0345. The van der Waals surface area contributed by atoms with Gasteiger partial charge >= 0.3 is 0 Å². The molecule has 0 aromatic heterocycles. The van der Waals surface area contributed by atoms with E-state index in [4.69, 9.17) is 0 Å². The molecule has 0 atom stereocenters. The maximum absolute atomic E-state index is 2.39. The third-order valence-corrected chi connectivity index (χ3v) is 6.58. The van der Waals surface area contributed by atoms with Gasteiger partial charge in [0.15, 0.2) is 0 Å². The first-order valence-corrected chi connectivity index (χ1v) is 10.2. The van der Waals surface area contributed by atoms with Crippen LogP contribution in [0.25, 0.3) is 54.2 Å². The van der Waals surface area contributed by atoms with Gasteiger partial charge in [-0.05, 0) is 96.0 Å². The molecule has 29 heavy (non-hydrogen) atoms. The Labute approximate surface area is 169 Å². The van der Waals surface area contributed by atoms with Gasteiger partial charge in [-0.1, -0.05) is 72.8 Å². The molecule has 1 aliphatic rings. The van der Waals surface area contributed by atoms with E-state index in [1.165, 1.54) is 65.3 Å². The lowest BCUT2D eigenvalue weighted by molar-refractivity contribution is 1.27. The van der Waals surface area contributed by atoms with Crippen LogP contribution in [-0.4, -0.2) is 0 Å². The molecule has 0 heterocycles. The van der Waals surface area contributed by atoms with Crippen molar-refractivity contribution in [3.05, 3.63) is 108 Å². The molecule has 0 bridgehead atoms. The van der Waals surface area contributed by atoms with Crippen molar-refractivity contribution in [3.63, 3.8) is 0 Å². The van der Waals surface area contributed by atoms with Crippen LogP contribution in [0.1, 0.15) is 11.1 Å². The van der Waals surface area contributed by atoms with Crippen molar-refractivity contribution in [3.8, 4) is 11.1 Å². The van der Waals surface area contributed by atoms with Crippen molar-refractivity contribution in [1.29, 1.82) is 0 Å². The minimum Gasteiger partial charge on any atom is -0.0616 e. The van der Waals surface area contributed by atoms with Crippen molar-refractivity contribution in [2.45, 2.75) is 6.42 Å². The van der Waals surface area contributed by atoms with Crippen LogP contribution in [0.2, 0.25) is 0 Å². The fourth-order valence-electron chi connectivity index (χ4n) is 5.21. The van der Waals surface area contributed by atoms with Crippen LogP contribution in [-0.2, 0) is 6.42 Å². The van der Waals surface area contributed by atoms with E-state index in [0.29, 0.717) is 0 Å². The standard InChI is InChI=1S/C29H18/c1-3-7-20-16-26-22(13-18(20)5-1)9-11-24-15-25-12-10-23-14-19-6-2-4-8-21(19)17-27(23)29(25)28(24)26/h1-14,16-17H,15H2. The van der Waals surface area contributed by atoms with E-state index in [9.17, 15) is 0 Å². The zero-order chi connectivity index (χ0) is 18.9. The van der Waals surface area contributed by atoms with Gasteiger partial charge < -0.3 is 0 Å². The highest BCUT2D eigenvalue weighted by molar-refractivity contribution is 6.14. The molecule has 0 unspecified atom stereocenters. The summed E-state index contributed by atoms with van der Waals surface area (Å²) < 4.78 is 0. The average molecular weight is 366 g/mol. The smallest absolute Gasteiger partial charge is 0.00130 e. The molecule has 0 aliphatic heterocycles. The van der Waals surface area contributed by atoms with Crippen LogP contribution < -0.4 is 0 Å². The molecule has 0 heteroatoms. The molecule has 0 fully saturated rings. The minimum absolute atomic E-state index is 1.02. The predicted octanol–water partition coefficient (Wildman–Crippen LogP) is 7.87. The van der Waals surface area contributed by atoms with Crippen LogP contribution in [0.5, 0.6) is 0 Å². The zero-order valence-corrected chi connectivity index (χ0v) is 15.9. The molecular weight excluding hydrogens is 348 g/mol. The van der Waals surface area contributed by atoms with E-state index >= 15 is 0 Å². The van der Waals surface area contributed by atoms with Gasteiger partial charge in [0.1, 0.15) is 0 Å². The summed E-state index contributed by atoms with van der Waals surface area (Å²) in [7, 11) is 0. The van der Waals surface area contributed by atoms with Gasteiger partial charge in [-0.3, -0.25) is 0 Å². The minimum atomic E-state index is 1.02. The summed E-state index contributed by atoms with van der Waals surface area (Å²) in [5.41, 5.74) is 5.76. The Morgan fingerprint density at radius 1 is 0.379 bits per heavy atom. The third-order valence-electron chi connectivity index (χ3n) is 6.58. The average Bonchev–Trinajstić information content (AvgIpc) is 3.16. The van der Waals surface area contributed by atoms with Crippen molar-refractivity contribution >= 4 is 43.1 Å². The van der Waals surface area contributed by atoms with Crippen LogP contribution in [0, 0.1) is 0 Å². The maximum atomic E-state index is 2.39. The van der Waals surface area contributed by atoms with Crippen LogP contribution in [0.15, 0.2) is 97.1 Å². The Morgan fingerprint density at radius 3 is 1.24 bits per heavy atom. The number of rotatable bonds is 0. The third kappa shape index (κ3) is 2.09. The Kier molecular flexibility index (Phi) is 2.88. The van der Waals surface area contributed by atoms with Gasteiger partial charge in [-0.25, -0.2) is 0 Å². The summed E-state index contributed by atoms with van der Waals surface area (Å²) in [6.45, 7) is 0. The SMILES string of the molecule is c1ccc2cc3c4c(ccc3cc2c1)Cc1ccc2cc3ccccc3cc2c1-4. The number of fused-ring (bicyclic) bond motifs is 9. The maximum Gasteiger partial charge on any atom is -0.00130 e. The van der Waals surface area contributed by atoms with E-state index in [0.717, 1.165) is 6.42 Å². The summed E-state index contributed by atoms with van der Waals surface area (Å²) in [5, 5.41) is 10.6. The number of hydrogen-bond donors (Lipinski definition) is 0. The Balaban J connectivity index is 1.65. The van der Waals surface area contributed by atoms with Gasteiger partial charge in [0.2, 0.25) is 0 Å². The molecule has 6 aromatic carbocycles. The van der Waals surface area contributed by atoms with Gasteiger partial charge in [0.05, 0.1) is 0 Å². The second-order valence-corrected chi connectivity index (χ2v) is 8.22. The van der Waals surface area contributed by atoms with Gasteiger partial charge in [0, 0.05) is 0 Å². The molecule has 0 radical (unpaired) electrons. The van der Waals surface area contributed by atoms with Crippen LogP contribution >= 0.6 is 0 Å². The summed E-state index contributed by atoms with van der Waals surface area (Å²) in [4.78, 5) is 0. The van der Waals surface area contributed by atoms with Crippen molar-refractivity contribution < 1.29 is 0 Å². The van der Waals surface area contributed by atoms with Gasteiger partial charge in [0.25, 0.3) is 0 Å². The lowest BCUT2D eigenvalue weighted by Gasteiger charge is -2.12. The molecule has 134 valence electrons. The molecule has 6 aromatic rings. The van der Waals surface area contributed by atoms with E-state index < -0.39 is 0 Å². The lowest BCUT2D eigenvalue weighted by atomic mass is 9.91. The molecule has 0 amide bonds. The zero-order valence-electron chi connectivity index (χ0n) is 15.9. The predicted molar refractivity (Wildman–Crippen MR) is 125 cm³/mol. The van der Waals surface area contributed by atoms with E-state index in [-0.39, 0.29) is 0 Å². The normalized spacial score (nSPS) is 12.7. The molecule has 0 saturated carbocycles. The largest absolute Gasteiger partial charge is 0.0616 e. The molecule has 7 rings (SSSR count). The summed E-state index contributed by atoms with van der Waals surface area (Å²) in [6, 6.07) is 36.1. The van der Waals surface area contributed by atoms with Crippen molar-refractivity contribution in [2.75, 3.05) is 0 Å². The molecular formula is C29H18. The Bertz CT molecular complexity index is 1500. The fourth-order valence-corrected chi connectivity index (χ4v) is 5.21. The molecule has 1 aliphatic carbocycles. The molecule has 0 N–H and O–H groups in total. The second kappa shape index (κ2) is 5.46. The number of benzene rings is 6. The lowest BCUT2D eigenvalue weighted by Crippen LogP contribution is -1.86. The van der Waals surface area contributed by atoms with E-state index in [2.05, 4.69) is 97.1 Å². The highest BCUT2D eigenvalue weighted by atomic mass is 14.3. The summed E-state index contributed by atoms with van der Waals surface area (Å²) >= 11 is 0. The highest BCUT2D eigenvalue weighted by Crippen LogP contribution is 2.46. The topological polar surface area (TPSA) is 0 Å².